The summed E-state index contributed by atoms with van der Waals surface area (Å²) in [6, 6.07) is 19.2. The number of ether oxygens (including phenoxy) is 1. The van der Waals surface area contributed by atoms with Crippen molar-refractivity contribution in [3.8, 4) is 17.1 Å². The molecule has 3 aromatic rings. The molecule has 1 aliphatic rings. The van der Waals surface area contributed by atoms with Gasteiger partial charge in [-0.3, -0.25) is 0 Å². The molecule has 1 saturated heterocycles. The summed E-state index contributed by atoms with van der Waals surface area (Å²) in [5, 5.41) is 17.4. The van der Waals surface area contributed by atoms with Gasteiger partial charge in [0.05, 0.1) is 24.4 Å². The Balaban J connectivity index is 1.45. The van der Waals surface area contributed by atoms with E-state index in [-0.39, 0.29) is 11.3 Å². The number of aromatic hydroxyl groups is 1. The Hall–Kier alpha value is -2.63. The zero-order chi connectivity index (χ0) is 17.1. The number of nitrogens with zero attached hydrogens (tertiary/aromatic N) is 1. The standard InChI is InChI=1S/C20H20N2O3/c23-18-8-4-7-16(9-18)19-10-17(22-25-19)11-20(13-24-14-20)21-12-15-5-2-1-3-6-15/h1-10,21,23H,11-14H2. The van der Waals surface area contributed by atoms with Gasteiger partial charge >= 0.3 is 0 Å². The van der Waals surface area contributed by atoms with E-state index in [4.69, 9.17) is 9.26 Å². The fourth-order valence-corrected chi connectivity index (χ4v) is 3.04. The number of hydrogen-bond donors (Lipinski definition) is 2. The van der Waals surface area contributed by atoms with Crippen molar-refractivity contribution < 1.29 is 14.4 Å². The van der Waals surface area contributed by atoms with E-state index in [2.05, 4.69) is 22.6 Å². The fraction of sp³-hybridized carbons (Fsp3) is 0.250. The van der Waals surface area contributed by atoms with Crippen LogP contribution in [0.2, 0.25) is 0 Å². The summed E-state index contributed by atoms with van der Waals surface area (Å²) < 4.78 is 10.9. The predicted molar refractivity (Wildman–Crippen MR) is 94.1 cm³/mol. The fourth-order valence-electron chi connectivity index (χ4n) is 3.04. The molecule has 25 heavy (non-hydrogen) atoms. The van der Waals surface area contributed by atoms with Gasteiger partial charge in [0.25, 0.3) is 0 Å². The van der Waals surface area contributed by atoms with Crippen molar-refractivity contribution in [2.75, 3.05) is 13.2 Å². The van der Waals surface area contributed by atoms with Gasteiger partial charge in [0.15, 0.2) is 5.76 Å². The van der Waals surface area contributed by atoms with E-state index in [1.54, 1.807) is 18.2 Å². The molecule has 0 saturated carbocycles. The summed E-state index contributed by atoms with van der Waals surface area (Å²) in [5.41, 5.74) is 2.83. The van der Waals surface area contributed by atoms with E-state index >= 15 is 0 Å². The number of nitrogens with one attached hydrogen (secondary N) is 1. The van der Waals surface area contributed by atoms with Crippen LogP contribution in [-0.4, -0.2) is 29.0 Å². The highest BCUT2D eigenvalue weighted by Gasteiger charge is 2.39. The first kappa shape index (κ1) is 15.9. The highest BCUT2D eigenvalue weighted by molar-refractivity contribution is 5.59. The molecule has 5 heteroatoms. The summed E-state index contributed by atoms with van der Waals surface area (Å²) in [5.74, 6) is 0.869. The minimum Gasteiger partial charge on any atom is -0.508 e. The van der Waals surface area contributed by atoms with Crippen molar-refractivity contribution in [1.82, 2.24) is 10.5 Å². The third-order valence-electron chi connectivity index (χ3n) is 4.48. The number of phenols is 1. The number of phenolic OH excluding ortho intramolecular Hbond substituents is 1. The Morgan fingerprint density at radius 3 is 2.60 bits per heavy atom. The van der Waals surface area contributed by atoms with Gasteiger partial charge in [-0.05, 0) is 17.7 Å². The smallest absolute Gasteiger partial charge is 0.167 e. The van der Waals surface area contributed by atoms with E-state index in [1.807, 2.05) is 30.3 Å². The average molecular weight is 336 g/mol. The highest BCUT2D eigenvalue weighted by atomic mass is 16.5. The molecule has 5 nitrogen and oxygen atoms in total. The summed E-state index contributed by atoms with van der Waals surface area (Å²) in [7, 11) is 0. The van der Waals surface area contributed by atoms with E-state index in [0.717, 1.165) is 24.2 Å². The molecule has 0 amide bonds. The minimum atomic E-state index is -0.108. The van der Waals surface area contributed by atoms with Gasteiger partial charge in [0.1, 0.15) is 5.75 Å². The second-order valence-corrected chi connectivity index (χ2v) is 6.52. The van der Waals surface area contributed by atoms with Crippen LogP contribution >= 0.6 is 0 Å². The predicted octanol–water partition coefficient (Wildman–Crippen LogP) is 3.15. The van der Waals surface area contributed by atoms with Crippen molar-refractivity contribution in [1.29, 1.82) is 0 Å². The number of hydrogen-bond acceptors (Lipinski definition) is 5. The Morgan fingerprint density at radius 1 is 1.04 bits per heavy atom. The number of rotatable bonds is 6. The maximum atomic E-state index is 9.60. The summed E-state index contributed by atoms with van der Waals surface area (Å²) in [6.07, 6.45) is 0.738. The topological polar surface area (TPSA) is 67.5 Å². The molecule has 0 radical (unpaired) electrons. The van der Waals surface area contributed by atoms with Crippen molar-refractivity contribution in [3.63, 3.8) is 0 Å². The molecule has 0 spiro atoms. The van der Waals surface area contributed by atoms with Crippen LogP contribution < -0.4 is 5.32 Å². The van der Waals surface area contributed by atoms with Crippen LogP contribution in [0.3, 0.4) is 0 Å². The number of benzene rings is 2. The van der Waals surface area contributed by atoms with E-state index in [1.165, 1.54) is 5.56 Å². The molecular weight excluding hydrogens is 316 g/mol. The molecular formula is C20H20N2O3. The van der Waals surface area contributed by atoms with Gasteiger partial charge in [-0.2, -0.15) is 0 Å². The van der Waals surface area contributed by atoms with Crippen molar-refractivity contribution in [2.45, 2.75) is 18.5 Å². The molecule has 128 valence electrons. The minimum absolute atomic E-state index is 0.108. The lowest BCUT2D eigenvalue weighted by Gasteiger charge is -2.42. The third-order valence-corrected chi connectivity index (χ3v) is 4.48. The second-order valence-electron chi connectivity index (χ2n) is 6.52. The van der Waals surface area contributed by atoms with Gasteiger partial charge in [0, 0.05) is 24.6 Å². The zero-order valence-corrected chi connectivity index (χ0v) is 13.8. The lowest BCUT2D eigenvalue weighted by molar-refractivity contribution is -0.0755. The molecule has 2 aromatic carbocycles. The van der Waals surface area contributed by atoms with Crippen molar-refractivity contribution >= 4 is 0 Å². The van der Waals surface area contributed by atoms with Gasteiger partial charge < -0.3 is 19.7 Å². The molecule has 1 fully saturated rings. The average Bonchev–Trinajstić information content (AvgIpc) is 3.06. The van der Waals surface area contributed by atoms with Crippen molar-refractivity contribution in [2.24, 2.45) is 0 Å². The van der Waals surface area contributed by atoms with Gasteiger partial charge in [0.2, 0.25) is 0 Å². The first-order valence-electron chi connectivity index (χ1n) is 8.34. The normalized spacial score (nSPS) is 15.7. The molecule has 0 unspecified atom stereocenters. The summed E-state index contributed by atoms with van der Waals surface area (Å²) in [6.45, 7) is 2.11. The first-order valence-corrected chi connectivity index (χ1v) is 8.34. The molecule has 1 aromatic heterocycles. The number of aromatic nitrogens is 1. The van der Waals surface area contributed by atoms with Gasteiger partial charge in [-0.25, -0.2) is 0 Å². The molecule has 2 heterocycles. The molecule has 1 aliphatic heterocycles. The Bertz CT molecular complexity index is 841. The van der Waals surface area contributed by atoms with Crippen molar-refractivity contribution in [3.05, 3.63) is 71.9 Å². The summed E-state index contributed by atoms with van der Waals surface area (Å²) in [4.78, 5) is 0. The molecule has 0 aliphatic carbocycles. The Kier molecular flexibility index (Phi) is 4.26. The van der Waals surface area contributed by atoms with Crippen LogP contribution in [0.5, 0.6) is 5.75 Å². The maximum absolute atomic E-state index is 9.60. The lowest BCUT2D eigenvalue weighted by atomic mass is 9.90. The summed E-state index contributed by atoms with van der Waals surface area (Å²) >= 11 is 0. The largest absolute Gasteiger partial charge is 0.508 e. The molecule has 4 rings (SSSR count). The lowest BCUT2D eigenvalue weighted by Crippen LogP contribution is -2.61. The SMILES string of the molecule is Oc1cccc(-c2cc(CC3(NCc4ccccc4)COC3)no2)c1. The maximum Gasteiger partial charge on any atom is 0.167 e. The third kappa shape index (κ3) is 3.57. The molecule has 0 bridgehead atoms. The quantitative estimate of drug-likeness (QED) is 0.724. The Labute approximate surface area is 146 Å². The van der Waals surface area contributed by atoms with Gasteiger partial charge in [-0.15, -0.1) is 0 Å². The van der Waals surface area contributed by atoms with Crippen LogP contribution in [0.15, 0.2) is 65.2 Å². The van der Waals surface area contributed by atoms with Crippen LogP contribution in [0, 0.1) is 0 Å². The zero-order valence-electron chi connectivity index (χ0n) is 13.8. The van der Waals surface area contributed by atoms with Gasteiger partial charge in [-0.1, -0.05) is 47.6 Å². The molecule has 2 N–H and O–H groups in total. The highest BCUT2D eigenvalue weighted by Crippen LogP contribution is 2.27. The molecule has 0 atom stereocenters. The Morgan fingerprint density at radius 2 is 1.88 bits per heavy atom. The monoisotopic (exact) mass is 336 g/mol. The van der Waals surface area contributed by atoms with E-state index < -0.39 is 0 Å². The van der Waals surface area contributed by atoms with Crippen LogP contribution in [0.1, 0.15) is 11.3 Å². The van der Waals surface area contributed by atoms with Crippen LogP contribution in [0.4, 0.5) is 0 Å². The first-order chi connectivity index (χ1) is 12.2. The van der Waals surface area contributed by atoms with Crippen LogP contribution in [0.25, 0.3) is 11.3 Å². The van der Waals surface area contributed by atoms with Crippen LogP contribution in [-0.2, 0) is 17.7 Å². The van der Waals surface area contributed by atoms with E-state index in [9.17, 15) is 5.11 Å². The second kappa shape index (κ2) is 6.70. The van der Waals surface area contributed by atoms with E-state index in [0.29, 0.717) is 19.0 Å².